The van der Waals surface area contributed by atoms with Crippen molar-refractivity contribution in [1.82, 2.24) is 9.36 Å². The summed E-state index contributed by atoms with van der Waals surface area (Å²) < 4.78 is 4.57. The fourth-order valence-electron chi connectivity index (χ4n) is 2.73. The van der Waals surface area contributed by atoms with Gasteiger partial charge in [-0.1, -0.05) is 40.0 Å². The fourth-order valence-corrected chi connectivity index (χ4v) is 3.68. The molecule has 4 nitrogen and oxygen atoms in total. The smallest absolute Gasteiger partial charge is 0.205 e. The third-order valence-electron chi connectivity index (χ3n) is 3.95. The predicted molar refractivity (Wildman–Crippen MR) is 86.5 cm³/mol. The van der Waals surface area contributed by atoms with Crippen LogP contribution in [0.3, 0.4) is 0 Å². The molecule has 1 heterocycles. The monoisotopic (exact) mass is 296 g/mol. The van der Waals surface area contributed by atoms with Gasteiger partial charge in [0.1, 0.15) is 5.82 Å². The number of nitrogens with two attached hydrogens (primary N) is 1. The van der Waals surface area contributed by atoms with Gasteiger partial charge in [-0.2, -0.15) is 4.37 Å². The summed E-state index contributed by atoms with van der Waals surface area (Å²) in [5, 5.41) is 1.09. The second kappa shape index (κ2) is 6.85. The van der Waals surface area contributed by atoms with Crippen molar-refractivity contribution in [2.45, 2.75) is 70.8 Å². The zero-order chi connectivity index (χ0) is 14.6. The number of hydrogen-bond acceptors (Lipinski definition) is 5. The Morgan fingerprint density at radius 1 is 1.25 bits per heavy atom. The number of rotatable bonds is 5. The number of aromatic nitrogens is 2. The normalized spacial score (nSPS) is 17.4. The summed E-state index contributed by atoms with van der Waals surface area (Å²) in [6.07, 6.45) is 7.67. The van der Waals surface area contributed by atoms with E-state index in [1.807, 2.05) is 0 Å². The van der Waals surface area contributed by atoms with Crippen LogP contribution in [0.1, 0.15) is 65.1 Å². The molecule has 0 aliphatic heterocycles. The molecule has 1 aliphatic rings. The second-order valence-corrected chi connectivity index (χ2v) is 7.51. The predicted octanol–water partition coefficient (Wildman–Crippen LogP) is 3.32. The van der Waals surface area contributed by atoms with E-state index in [2.05, 4.69) is 30.0 Å². The third-order valence-corrected chi connectivity index (χ3v) is 4.70. The number of anilines is 1. The van der Waals surface area contributed by atoms with E-state index >= 15 is 0 Å². The summed E-state index contributed by atoms with van der Waals surface area (Å²) in [6.45, 7) is 8.27. The second-order valence-electron chi connectivity index (χ2n) is 6.78. The lowest BCUT2D eigenvalue weighted by molar-refractivity contribution is 0.412. The summed E-state index contributed by atoms with van der Waals surface area (Å²) >= 11 is 1.55. The van der Waals surface area contributed by atoms with Gasteiger partial charge in [0.25, 0.3) is 0 Å². The third kappa shape index (κ3) is 3.92. The highest BCUT2D eigenvalue weighted by Crippen LogP contribution is 2.31. The summed E-state index contributed by atoms with van der Waals surface area (Å²) in [6, 6.07) is 0.635. The molecule has 20 heavy (non-hydrogen) atoms. The van der Waals surface area contributed by atoms with Crippen molar-refractivity contribution in [3.8, 4) is 0 Å². The standard InChI is InChI=1S/C15H28N4S/c1-15(2,3)13-17-14(20-18-13)19(11-7-10-16)12-8-5-4-6-9-12/h12H,4-11,16H2,1-3H3. The largest absolute Gasteiger partial charge is 0.344 e. The highest BCUT2D eigenvalue weighted by molar-refractivity contribution is 7.09. The molecule has 2 N–H and O–H groups in total. The summed E-state index contributed by atoms with van der Waals surface area (Å²) in [5.41, 5.74) is 5.73. The molecule has 0 saturated heterocycles. The van der Waals surface area contributed by atoms with Gasteiger partial charge >= 0.3 is 0 Å². The minimum absolute atomic E-state index is 0.0286. The Morgan fingerprint density at radius 3 is 2.50 bits per heavy atom. The van der Waals surface area contributed by atoms with E-state index in [1.54, 1.807) is 11.5 Å². The molecule has 0 atom stereocenters. The van der Waals surface area contributed by atoms with E-state index < -0.39 is 0 Å². The molecule has 1 aromatic rings. The maximum absolute atomic E-state index is 5.70. The van der Waals surface area contributed by atoms with Gasteiger partial charge in [-0.25, -0.2) is 4.98 Å². The zero-order valence-corrected chi connectivity index (χ0v) is 13.9. The SMILES string of the molecule is CC(C)(C)c1nsc(N(CCCN)C2CCCCC2)n1. The Hall–Kier alpha value is -0.680. The van der Waals surface area contributed by atoms with Crippen molar-refractivity contribution in [1.29, 1.82) is 0 Å². The molecule has 5 heteroatoms. The molecule has 2 rings (SSSR count). The Balaban J connectivity index is 2.14. The van der Waals surface area contributed by atoms with Gasteiger partial charge in [-0.05, 0) is 25.8 Å². The van der Waals surface area contributed by atoms with E-state index in [0.29, 0.717) is 6.04 Å². The summed E-state index contributed by atoms with van der Waals surface area (Å²) in [7, 11) is 0. The molecule has 0 unspecified atom stereocenters. The molecule has 1 aliphatic carbocycles. The maximum atomic E-state index is 5.70. The van der Waals surface area contributed by atoms with Gasteiger partial charge in [0.2, 0.25) is 5.13 Å². The first-order valence-corrected chi connectivity index (χ1v) is 8.60. The van der Waals surface area contributed by atoms with E-state index in [4.69, 9.17) is 10.7 Å². The molecule has 0 radical (unpaired) electrons. The van der Waals surface area contributed by atoms with Crippen LogP contribution in [0.5, 0.6) is 0 Å². The lowest BCUT2D eigenvalue weighted by Gasteiger charge is -2.34. The minimum Gasteiger partial charge on any atom is -0.344 e. The van der Waals surface area contributed by atoms with E-state index in [9.17, 15) is 0 Å². The first kappa shape index (κ1) is 15.7. The van der Waals surface area contributed by atoms with E-state index in [0.717, 1.165) is 30.5 Å². The first-order chi connectivity index (χ1) is 9.52. The topological polar surface area (TPSA) is 55.0 Å². The highest BCUT2D eigenvalue weighted by atomic mass is 32.1. The molecule has 1 fully saturated rings. The molecular weight excluding hydrogens is 268 g/mol. The van der Waals surface area contributed by atoms with Crippen LogP contribution < -0.4 is 10.6 Å². The molecule has 1 saturated carbocycles. The molecular formula is C15H28N4S. The Morgan fingerprint density at radius 2 is 1.95 bits per heavy atom. The fraction of sp³-hybridized carbons (Fsp3) is 0.867. The van der Waals surface area contributed by atoms with Gasteiger partial charge in [0.15, 0.2) is 0 Å². The van der Waals surface area contributed by atoms with Gasteiger partial charge < -0.3 is 10.6 Å². The van der Waals surface area contributed by atoms with Crippen LogP contribution in [-0.4, -0.2) is 28.5 Å². The summed E-state index contributed by atoms with van der Waals surface area (Å²) in [4.78, 5) is 7.27. The average molecular weight is 296 g/mol. The molecule has 0 aromatic carbocycles. The Labute approximate surface area is 126 Å². The van der Waals surface area contributed by atoms with Crippen LogP contribution in [-0.2, 0) is 5.41 Å². The maximum Gasteiger partial charge on any atom is 0.205 e. The van der Waals surface area contributed by atoms with E-state index in [1.165, 1.54) is 32.1 Å². The van der Waals surface area contributed by atoms with Crippen LogP contribution in [0, 0.1) is 0 Å². The number of nitrogens with zero attached hydrogens (tertiary/aromatic N) is 3. The molecule has 0 amide bonds. The van der Waals surface area contributed by atoms with Crippen molar-refractivity contribution >= 4 is 16.7 Å². The van der Waals surface area contributed by atoms with Crippen LogP contribution in [0.25, 0.3) is 0 Å². The van der Waals surface area contributed by atoms with Crippen LogP contribution >= 0.6 is 11.5 Å². The van der Waals surface area contributed by atoms with Gasteiger partial charge in [-0.3, -0.25) is 0 Å². The molecule has 0 bridgehead atoms. The molecule has 114 valence electrons. The van der Waals surface area contributed by atoms with Crippen molar-refractivity contribution in [3.63, 3.8) is 0 Å². The van der Waals surface area contributed by atoms with Crippen LogP contribution in [0.15, 0.2) is 0 Å². The minimum atomic E-state index is 0.0286. The highest BCUT2D eigenvalue weighted by Gasteiger charge is 2.26. The van der Waals surface area contributed by atoms with Crippen molar-refractivity contribution in [2.24, 2.45) is 5.73 Å². The summed E-state index contributed by atoms with van der Waals surface area (Å²) in [5.74, 6) is 0.964. The van der Waals surface area contributed by atoms with Crippen molar-refractivity contribution in [2.75, 3.05) is 18.0 Å². The zero-order valence-electron chi connectivity index (χ0n) is 13.1. The van der Waals surface area contributed by atoms with Crippen molar-refractivity contribution < 1.29 is 0 Å². The van der Waals surface area contributed by atoms with Crippen LogP contribution in [0.2, 0.25) is 0 Å². The first-order valence-electron chi connectivity index (χ1n) is 7.83. The Bertz CT molecular complexity index is 404. The van der Waals surface area contributed by atoms with E-state index in [-0.39, 0.29) is 5.41 Å². The van der Waals surface area contributed by atoms with Gasteiger partial charge in [0, 0.05) is 29.5 Å². The lowest BCUT2D eigenvalue weighted by Crippen LogP contribution is -2.38. The lowest BCUT2D eigenvalue weighted by atomic mass is 9.94. The van der Waals surface area contributed by atoms with Crippen LogP contribution in [0.4, 0.5) is 5.13 Å². The van der Waals surface area contributed by atoms with Gasteiger partial charge in [0.05, 0.1) is 0 Å². The average Bonchev–Trinajstić information content (AvgIpc) is 2.90. The Kier molecular flexibility index (Phi) is 5.38. The molecule has 1 aromatic heterocycles. The van der Waals surface area contributed by atoms with Crippen molar-refractivity contribution in [3.05, 3.63) is 5.82 Å². The number of hydrogen-bond donors (Lipinski definition) is 1. The van der Waals surface area contributed by atoms with Gasteiger partial charge in [-0.15, -0.1) is 0 Å². The quantitative estimate of drug-likeness (QED) is 0.905. The molecule has 0 spiro atoms.